The number of ether oxygens (including phenoxy) is 3. The first-order valence-electron chi connectivity index (χ1n) is 10.0. The summed E-state index contributed by atoms with van der Waals surface area (Å²) in [6.45, 7) is 0. The molecule has 2 aliphatic rings. The zero-order valence-electron chi connectivity index (χ0n) is 18.1. The number of phenols is 2. The van der Waals surface area contributed by atoms with Gasteiger partial charge in [0.05, 0.1) is 35.2 Å². The molecule has 176 valence electrons. The third kappa shape index (κ3) is 3.05. The second-order valence-electron chi connectivity index (χ2n) is 8.10. The lowest BCUT2D eigenvalue weighted by molar-refractivity contribution is -0.296. The molecule has 0 amide bonds. The van der Waals surface area contributed by atoms with Gasteiger partial charge in [0.2, 0.25) is 11.6 Å². The minimum atomic E-state index is -1.85. The molecule has 0 aliphatic heterocycles. The average molecular weight is 523 g/mol. The topological polar surface area (TPSA) is 143 Å². The molecule has 2 aromatic rings. The summed E-state index contributed by atoms with van der Waals surface area (Å²) in [5, 5.41) is 44.6. The van der Waals surface area contributed by atoms with E-state index < -0.39 is 51.7 Å². The number of phenolic OH excluding ortho intramolecular Hbond substituents is 2. The molecular formula is C23H23BrO9. The van der Waals surface area contributed by atoms with E-state index in [0.29, 0.717) is 0 Å². The SMILES string of the molecule is COc1cccc2c1C(=O)c1c(O)c3c(c(O)c1C2=O)CC(O)(C(CBr)(OC)OC)CC3O. The zero-order chi connectivity index (χ0) is 24.3. The lowest BCUT2D eigenvalue weighted by Gasteiger charge is -2.48. The lowest BCUT2D eigenvalue weighted by Crippen LogP contribution is -2.61. The van der Waals surface area contributed by atoms with Gasteiger partial charge in [0.15, 0.2) is 5.78 Å². The van der Waals surface area contributed by atoms with Crippen molar-refractivity contribution in [2.24, 2.45) is 0 Å². The summed E-state index contributed by atoms with van der Waals surface area (Å²) >= 11 is 3.25. The minimum Gasteiger partial charge on any atom is -0.507 e. The van der Waals surface area contributed by atoms with Crippen molar-refractivity contribution in [1.82, 2.24) is 0 Å². The first-order valence-corrected chi connectivity index (χ1v) is 11.2. The molecule has 0 bridgehead atoms. The molecule has 0 radical (unpaired) electrons. The van der Waals surface area contributed by atoms with Crippen LogP contribution in [0, 0.1) is 0 Å². The summed E-state index contributed by atoms with van der Waals surface area (Å²) in [6, 6.07) is 4.47. The van der Waals surface area contributed by atoms with Crippen LogP contribution in [0.25, 0.3) is 0 Å². The number of aromatic hydroxyl groups is 2. The highest BCUT2D eigenvalue weighted by atomic mass is 79.9. The van der Waals surface area contributed by atoms with Crippen LogP contribution in [0.1, 0.15) is 55.5 Å². The predicted molar refractivity (Wildman–Crippen MR) is 118 cm³/mol. The Hall–Kier alpha value is -2.50. The van der Waals surface area contributed by atoms with Gasteiger partial charge >= 0.3 is 0 Å². The van der Waals surface area contributed by atoms with E-state index in [0.717, 1.165) is 0 Å². The van der Waals surface area contributed by atoms with Gasteiger partial charge in [-0.25, -0.2) is 0 Å². The molecule has 2 aromatic carbocycles. The number of alkyl halides is 1. The summed E-state index contributed by atoms with van der Waals surface area (Å²) in [6.07, 6.45) is -2.16. The fraction of sp³-hybridized carbons (Fsp3) is 0.391. The molecule has 4 N–H and O–H groups in total. The highest BCUT2D eigenvalue weighted by Gasteiger charge is 2.56. The van der Waals surface area contributed by atoms with Gasteiger partial charge in [0.25, 0.3) is 0 Å². The molecule has 0 aromatic heterocycles. The highest BCUT2D eigenvalue weighted by Crippen LogP contribution is 2.53. The fourth-order valence-electron chi connectivity index (χ4n) is 4.93. The number of fused-ring (bicyclic) bond motifs is 3. The van der Waals surface area contributed by atoms with Gasteiger partial charge in [0, 0.05) is 43.8 Å². The van der Waals surface area contributed by atoms with Crippen molar-refractivity contribution in [2.45, 2.75) is 30.3 Å². The second-order valence-corrected chi connectivity index (χ2v) is 8.66. The van der Waals surface area contributed by atoms with E-state index in [-0.39, 0.29) is 46.2 Å². The van der Waals surface area contributed by atoms with Crippen LogP contribution in [0.2, 0.25) is 0 Å². The molecule has 9 nitrogen and oxygen atoms in total. The van der Waals surface area contributed by atoms with Crippen molar-refractivity contribution in [3.63, 3.8) is 0 Å². The Bertz CT molecular complexity index is 1160. The third-order valence-electron chi connectivity index (χ3n) is 6.64. The van der Waals surface area contributed by atoms with E-state index >= 15 is 0 Å². The Morgan fingerprint density at radius 3 is 2.27 bits per heavy atom. The first-order chi connectivity index (χ1) is 15.6. The maximum atomic E-state index is 13.3. The molecule has 2 aliphatic carbocycles. The molecule has 33 heavy (non-hydrogen) atoms. The van der Waals surface area contributed by atoms with Crippen LogP contribution in [0.4, 0.5) is 0 Å². The van der Waals surface area contributed by atoms with E-state index in [2.05, 4.69) is 15.9 Å². The Morgan fingerprint density at radius 2 is 1.70 bits per heavy atom. The molecule has 2 unspecified atom stereocenters. The minimum absolute atomic E-state index is 0.0108. The summed E-state index contributed by atoms with van der Waals surface area (Å²) in [4.78, 5) is 26.7. The van der Waals surface area contributed by atoms with Gasteiger partial charge in [-0.3, -0.25) is 9.59 Å². The maximum Gasteiger partial charge on any atom is 0.207 e. The van der Waals surface area contributed by atoms with Crippen LogP contribution in [0.5, 0.6) is 17.2 Å². The largest absolute Gasteiger partial charge is 0.507 e. The number of methoxy groups -OCH3 is 3. The quantitative estimate of drug-likeness (QED) is 0.224. The number of hydrogen-bond donors (Lipinski definition) is 4. The number of halogens is 1. The number of ketones is 2. The molecule has 0 fully saturated rings. The van der Waals surface area contributed by atoms with Crippen LogP contribution in [0.15, 0.2) is 18.2 Å². The van der Waals surface area contributed by atoms with Crippen molar-refractivity contribution >= 4 is 27.5 Å². The van der Waals surface area contributed by atoms with Crippen molar-refractivity contribution < 1.29 is 44.2 Å². The average Bonchev–Trinajstić information content (AvgIpc) is 2.80. The Labute approximate surface area is 197 Å². The fourth-order valence-corrected chi connectivity index (χ4v) is 5.91. The summed E-state index contributed by atoms with van der Waals surface area (Å²) in [5.41, 5.74) is -2.89. The lowest BCUT2D eigenvalue weighted by atomic mass is 9.70. The van der Waals surface area contributed by atoms with Gasteiger partial charge in [0.1, 0.15) is 22.8 Å². The van der Waals surface area contributed by atoms with Crippen molar-refractivity contribution in [2.75, 3.05) is 26.7 Å². The second kappa shape index (κ2) is 8.07. The van der Waals surface area contributed by atoms with Gasteiger partial charge < -0.3 is 34.6 Å². The van der Waals surface area contributed by atoms with Crippen LogP contribution in [0.3, 0.4) is 0 Å². The van der Waals surface area contributed by atoms with E-state index in [4.69, 9.17) is 14.2 Å². The van der Waals surface area contributed by atoms with Crippen LogP contribution < -0.4 is 4.74 Å². The number of carbonyl (C=O) groups excluding carboxylic acids is 2. The first kappa shape index (κ1) is 23.7. The smallest absolute Gasteiger partial charge is 0.207 e. The van der Waals surface area contributed by atoms with Crippen molar-refractivity contribution in [3.05, 3.63) is 51.6 Å². The summed E-state index contributed by atoms with van der Waals surface area (Å²) in [7, 11) is 3.99. The summed E-state index contributed by atoms with van der Waals surface area (Å²) in [5.74, 6) is -4.10. The number of aliphatic hydroxyl groups is 2. The standard InChI is InChI=1S/C23H23BrO9/c1-31-13-6-4-5-10-15(13)21(29)17-16(18(10)26)19(27)11-7-22(30,23(9-24,32-2)33-3)8-12(25)14(11)20(17)28/h4-6,12,25,27-28,30H,7-9H2,1-3H3. The van der Waals surface area contributed by atoms with Gasteiger partial charge in [-0.2, -0.15) is 0 Å². The number of rotatable bonds is 5. The maximum absolute atomic E-state index is 13.3. The summed E-state index contributed by atoms with van der Waals surface area (Å²) < 4.78 is 16.1. The molecule has 0 saturated carbocycles. The Morgan fingerprint density at radius 1 is 1.06 bits per heavy atom. The molecule has 0 heterocycles. The molecular weight excluding hydrogens is 500 g/mol. The number of carbonyl (C=O) groups is 2. The Balaban J connectivity index is 1.98. The van der Waals surface area contributed by atoms with E-state index in [1.807, 2.05) is 0 Å². The molecule has 0 saturated heterocycles. The number of benzene rings is 2. The highest BCUT2D eigenvalue weighted by molar-refractivity contribution is 9.09. The van der Waals surface area contributed by atoms with Crippen LogP contribution in [-0.4, -0.2) is 70.0 Å². The predicted octanol–water partition coefficient (Wildman–Crippen LogP) is 1.98. The van der Waals surface area contributed by atoms with Gasteiger partial charge in [-0.1, -0.05) is 28.1 Å². The van der Waals surface area contributed by atoms with Crippen molar-refractivity contribution in [3.8, 4) is 17.2 Å². The molecule has 4 rings (SSSR count). The monoisotopic (exact) mass is 522 g/mol. The molecule has 2 atom stereocenters. The third-order valence-corrected chi connectivity index (χ3v) is 7.38. The number of aliphatic hydroxyl groups excluding tert-OH is 1. The van der Waals surface area contributed by atoms with Crippen molar-refractivity contribution in [1.29, 1.82) is 0 Å². The van der Waals surface area contributed by atoms with Gasteiger partial charge in [-0.05, 0) is 6.07 Å². The van der Waals surface area contributed by atoms with Crippen LogP contribution in [-0.2, 0) is 15.9 Å². The normalized spacial score (nSPS) is 21.9. The number of hydrogen-bond acceptors (Lipinski definition) is 9. The van der Waals surface area contributed by atoms with E-state index in [1.165, 1.54) is 39.5 Å². The Kier molecular flexibility index (Phi) is 5.78. The van der Waals surface area contributed by atoms with Crippen LogP contribution >= 0.6 is 15.9 Å². The van der Waals surface area contributed by atoms with Gasteiger partial charge in [-0.15, -0.1) is 0 Å². The zero-order valence-corrected chi connectivity index (χ0v) is 19.7. The molecule has 10 heteroatoms. The van der Waals surface area contributed by atoms with E-state index in [1.54, 1.807) is 0 Å². The van der Waals surface area contributed by atoms with E-state index in [9.17, 15) is 30.0 Å². The molecule has 0 spiro atoms.